The topological polar surface area (TPSA) is 61.4 Å². The lowest BCUT2D eigenvalue weighted by Crippen LogP contribution is -2.54. The zero-order chi connectivity index (χ0) is 13.0. The summed E-state index contributed by atoms with van der Waals surface area (Å²) in [6.07, 6.45) is 4.84. The molecule has 0 aromatic rings. The van der Waals surface area contributed by atoms with Crippen LogP contribution < -0.4 is 10.6 Å². The van der Waals surface area contributed by atoms with Crippen molar-refractivity contribution in [2.45, 2.75) is 38.1 Å². The smallest absolute Gasteiger partial charge is 0.242 e. The molecule has 2 aliphatic heterocycles. The Labute approximate surface area is 108 Å². The summed E-state index contributed by atoms with van der Waals surface area (Å²) in [5.41, 5.74) is 0. The molecule has 0 spiro atoms. The third kappa shape index (κ3) is 2.83. The van der Waals surface area contributed by atoms with Crippen molar-refractivity contribution in [3.8, 4) is 0 Å². The van der Waals surface area contributed by atoms with Crippen LogP contribution in [-0.2, 0) is 9.59 Å². The van der Waals surface area contributed by atoms with Gasteiger partial charge in [0.1, 0.15) is 6.04 Å². The Bertz CT molecular complexity index is 313. The van der Waals surface area contributed by atoms with Crippen LogP contribution in [0.5, 0.6) is 0 Å². The molecule has 2 heterocycles. The molecule has 2 fully saturated rings. The van der Waals surface area contributed by atoms with Gasteiger partial charge in [0, 0.05) is 20.1 Å². The number of hydrogen-bond acceptors (Lipinski definition) is 3. The zero-order valence-corrected chi connectivity index (χ0v) is 11.1. The summed E-state index contributed by atoms with van der Waals surface area (Å²) in [5.74, 6) is 0.200. The highest BCUT2D eigenvalue weighted by molar-refractivity contribution is 5.88. The molecule has 0 radical (unpaired) electrons. The summed E-state index contributed by atoms with van der Waals surface area (Å²) in [7, 11) is 1.64. The van der Waals surface area contributed by atoms with E-state index in [0.29, 0.717) is 0 Å². The van der Waals surface area contributed by atoms with Crippen LogP contribution in [0, 0.1) is 5.92 Å². The maximum absolute atomic E-state index is 12.5. The molecule has 0 saturated carbocycles. The third-order valence-corrected chi connectivity index (χ3v) is 3.98. The minimum atomic E-state index is -0.252. The molecule has 2 aliphatic rings. The molecule has 5 nitrogen and oxygen atoms in total. The van der Waals surface area contributed by atoms with Gasteiger partial charge in [0.25, 0.3) is 0 Å². The van der Waals surface area contributed by atoms with E-state index >= 15 is 0 Å². The van der Waals surface area contributed by atoms with Crippen molar-refractivity contribution in [1.82, 2.24) is 15.5 Å². The molecule has 2 N–H and O–H groups in total. The van der Waals surface area contributed by atoms with Gasteiger partial charge in [-0.15, -0.1) is 0 Å². The van der Waals surface area contributed by atoms with Gasteiger partial charge in [0.15, 0.2) is 0 Å². The fourth-order valence-corrected chi connectivity index (χ4v) is 2.93. The van der Waals surface area contributed by atoms with E-state index < -0.39 is 0 Å². The van der Waals surface area contributed by atoms with Crippen LogP contribution >= 0.6 is 0 Å². The van der Waals surface area contributed by atoms with E-state index in [-0.39, 0.29) is 23.8 Å². The van der Waals surface area contributed by atoms with Crippen molar-refractivity contribution in [2.24, 2.45) is 5.92 Å². The second kappa shape index (κ2) is 6.18. The number of likely N-dealkylation sites (tertiary alicyclic amines) is 1. The van der Waals surface area contributed by atoms with Gasteiger partial charge in [-0.05, 0) is 38.6 Å². The first-order valence-corrected chi connectivity index (χ1v) is 6.97. The molecule has 18 heavy (non-hydrogen) atoms. The highest BCUT2D eigenvalue weighted by Gasteiger charge is 2.35. The van der Waals surface area contributed by atoms with Gasteiger partial charge in [-0.3, -0.25) is 9.59 Å². The van der Waals surface area contributed by atoms with Crippen LogP contribution in [0.2, 0.25) is 0 Å². The second-order valence-corrected chi connectivity index (χ2v) is 5.20. The molecule has 2 saturated heterocycles. The van der Waals surface area contributed by atoms with Gasteiger partial charge in [0.2, 0.25) is 11.8 Å². The van der Waals surface area contributed by atoms with E-state index in [1.165, 1.54) is 0 Å². The lowest BCUT2D eigenvalue weighted by Gasteiger charge is -2.37. The van der Waals surface area contributed by atoms with Crippen molar-refractivity contribution in [3.05, 3.63) is 0 Å². The van der Waals surface area contributed by atoms with Crippen LogP contribution in [0.4, 0.5) is 0 Å². The molecule has 2 unspecified atom stereocenters. The quantitative estimate of drug-likeness (QED) is 0.734. The molecule has 2 amide bonds. The van der Waals surface area contributed by atoms with Gasteiger partial charge in [-0.25, -0.2) is 0 Å². The Morgan fingerprint density at radius 3 is 2.72 bits per heavy atom. The fraction of sp³-hybridized carbons (Fsp3) is 0.846. The van der Waals surface area contributed by atoms with Crippen LogP contribution in [0.15, 0.2) is 0 Å². The normalized spacial score (nSPS) is 28.8. The van der Waals surface area contributed by atoms with Crippen LogP contribution in [0.1, 0.15) is 32.1 Å². The summed E-state index contributed by atoms with van der Waals surface area (Å²) >= 11 is 0. The zero-order valence-electron chi connectivity index (χ0n) is 11.1. The first-order valence-electron chi connectivity index (χ1n) is 6.97. The molecule has 0 aromatic carbocycles. The summed E-state index contributed by atoms with van der Waals surface area (Å²) in [6.45, 7) is 2.49. The van der Waals surface area contributed by atoms with Crippen LogP contribution in [0.3, 0.4) is 0 Å². The van der Waals surface area contributed by atoms with Gasteiger partial charge >= 0.3 is 0 Å². The average molecular weight is 253 g/mol. The largest absolute Gasteiger partial charge is 0.357 e. The number of carbonyl (C=O) groups is 2. The standard InChI is InChI=1S/C13H23N3O2/c1-14-12(17)11-6-2-3-8-16(11)13(18)10-5-4-7-15-9-10/h10-11,15H,2-9H2,1H3,(H,14,17). The van der Waals surface area contributed by atoms with E-state index in [1.54, 1.807) is 11.9 Å². The molecule has 2 rings (SSSR count). The molecule has 102 valence electrons. The number of piperidine rings is 2. The van der Waals surface area contributed by atoms with E-state index in [2.05, 4.69) is 10.6 Å². The minimum absolute atomic E-state index is 0.0215. The van der Waals surface area contributed by atoms with Crippen molar-refractivity contribution < 1.29 is 9.59 Å². The maximum Gasteiger partial charge on any atom is 0.242 e. The summed E-state index contributed by atoms with van der Waals surface area (Å²) < 4.78 is 0. The lowest BCUT2D eigenvalue weighted by atomic mass is 9.94. The Morgan fingerprint density at radius 1 is 1.22 bits per heavy atom. The molecule has 0 aliphatic carbocycles. The number of nitrogens with one attached hydrogen (secondary N) is 2. The Balaban J connectivity index is 2.03. The van der Waals surface area contributed by atoms with Crippen LogP contribution in [0.25, 0.3) is 0 Å². The lowest BCUT2D eigenvalue weighted by molar-refractivity contribution is -0.145. The Kier molecular flexibility index (Phi) is 4.58. The number of nitrogens with zero attached hydrogens (tertiary/aromatic N) is 1. The summed E-state index contributed by atoms with van der Waals surface area (Å²) in [6, 6.07) is -0.252. The fourth-order valence-electron chi connectivity index (χ4n) is 2.93. The Hall–Kier alpha value is -1.10. The van der Waals surface area contributed by atoms with E-state index in [1.807, 2.05) is 0 Å². The molecular formula is C13H23N3O2. The third-order valence-electron chi connectivity index (χ3n) is 3.98. The minimum Gasteiger partial charge on any atom is -0.357 e. The van der Waals surface area contributed by atoms with Crippen molar-refractivity contribution in [2.75, 3.05) is 26.7 Å². The van der Waals surface area contributed by atoms with Gasteiger partial charge in [-0.1, -0.05) is 0 Å². The van der Waals surface area contributed by atoms with Gasteiger partial charge < -0.3 is 15.5 Å². The maximum atomic E-state index is 12.5. The molecule has 2 atom stereocenters. The number of rotatable bonds is 2. The second-order valence-electron chi connectivity index (χ2n) is 5.20. The van der Waals surface area contributed by atoms with Crippen molar-refractivity contribution in [1.29, 1.82) is 0 Å². The first-order chi connectivity index (χ1) is 8.74. The first kappa shape index (κ1) is 13.3. The molecule has 5 heteroatoms. The number of likely N-dealkylation sites (N-methyl/N-ethyl adjacent to an activating group) is 1. The molecule has 0 bridgehead atoms. The van der Waals surface area contributed by atoms with E-state index in [9.17, 15) is 9.59 Å². The predicted molar refractivity (Wildman–Crippen MR) is 69.0 cm³/mol. The van der Waals surface area contributed by atoms with Gasteiger partial charge in [-0.2, -0.15) is 0 Å². The number of amides is 2. The molecule has 0 aromatic heterocycles. The van der Waals surface area contributed by atoms with E-state index in [4.69, 9.17) is 0 Å². The monoisotopic (exact) mass is 253 g/mol. The van der Waals surface area contributed by atoms with E-state index in [0.717, 1.165) is 51.7 Å². The SMILES string of the molecule is CNC(=O)C1CCCCN1C(=O)C1CCCNC1. The number of carbonyl (C=O) groups excluding carboxylic acids is 2. The highest BCUT2D eigenvalue weighted by Crippen LogP contribution is 2.22. The number of hydrogen-bond donors (Lipinski definition) is 2. The van der Waals surface area contributed by atoms with Crippen molar-refractivity contribution >= 4 is 11.8 Å². The van der Waals surface area contributed by atoms with Crippen LogP contribution in [-0.4, -0.2) is 49.4 Å². The summed E-state index contributed by atoms with van der Waals surface area (Å²) in [5, 5.41) is 5.94. The highest BCUT2D eigenvalue weighted by atomic mass is 16.2. The molecular weight excluding hydrogens is 230 g/mol. The predicted octanol–water partition coefficient (Wildman–Crippen LogP) is 0.113. The summed E-state index contributed by atoms with van der Waals surface area (Å²) in [4.78, 5) is 26.1. The average Bonchev–Trinajstić information content (AvgIpc) is 2.46. The van der Waals surface area contributed by atoms with Gasteiger partial charge in [0.05, 0.1) is 5.92 Å². The Morgan fingerprint density at radius 2 is 2.06 bits per heavy atom. The van der Waals surface area contributed by atoms with Crippen molar-refractivity contribution in [3.63, 3.8) is 0 Å².